The smallest absolute Gasteiger partial charge is 0.308 e. The molecule has 1 heterocycles. The van der Waals surface area contributed by atoms with Crippen molar-refractivity contribution in [2.24, 2.45) is 0 Å². The first-order valence-corrected chi connectivity index (χ1v) is 4.87. The molecular formula is C10H15N3O3. The minimum absolute atomic E-state index is 0.107. The lowest BCUT2D eigenvalue weighted by Gasteiger charge is -2.11. The molecule has 0 unspecified atom stereocenters. The number of rotatable bonds is 4. The van der Waals surface area contributed by atoms with E-state index in [4.69, 9.17) is 15.6 Å². The molecule has 0 radical (unpaired) electrons. The van der Waals surface area contributed by atoms with Crippen molar-refractivity contribution in [1.29, 1.82) is 0 Å². The van der Waals surface area contributed by atoms with Gasteiger partial charge >= 0.3 is 5.97 Å². The van der Waals surface area contributed by atoms with Crippen molar-refractivity contribution in [1.82, 2.24) is 9.97 Å². The van der Waals surface area contributed by atoms with Gasteiger partial charge in [0.1, 0.15) is 11.6 Å². The van der Waals surface area contributed by atoms with E-state index >= 15 is 0 Å². The highest BCUT2D eigenvalue weighted by Crippen LogP contribution is 2.24. The Balaban J connectivity index is 3.22. The molecule has 0 amide bonds. The largest absolute Gasteiger partial charge is 0.481 e. The van der Waals surface area contributed by atoms with Crippen molar-refractivity contribution in [2.75, 3.05) is 12.8 Å². The molecule has 0 bridgehead atoms. The summed E-state index contributed by atoms with van der Waals surface area (Å²) in [7, 11) is 1.43. The minimum atomic E-state index is -0.995. The van der Waals surface area contributed by atoms with Crippen LogP contribution < -0.4 is 10.5 Å². The van der Waals surface area contributed by atoms with Gasteiger partial charge in [-0.15, -0.1) is 0 Å². The number of carboxylic acid groups (broad SMARTS) is 1. The van der Waals surface area contributed by atoms with Gasteiger partial charge in [0.05, 0.1) is 19.1 Å². The Bertz CT molecular complexity index is 405. The molecule has 0 spiro atoms. The van der Waals surface area contributed by atoms with Crippen LogP contribution in [0.4, 0.5) is 5.82 Å². The fraction of sp³-hybridized carbons (Fsp3) is 0.500. The molecule has 88 valence electrons. The molecule has 16 heavy (non-hydrogen) atoms. The SMILES string of the molecule is COc1nc(C(C)C)nc(N)c1CC(=O)O. The summed E-state index contributed by atoms with van der Waals surface area (Å²) in [5.74, 6) is 0.0565. The van der Waals surface area contributed by atoms with E-state index < -0.39 is 5.97 Å². The lowest BCUT2D eigenvalue weighted by atomic mass is 10.1. The van der Waals surface area contributed by atoms with Gasteiger partial charge in [-0.25, -0.2) is 4.98 Å². The molecule has 1 aromatic heterocycles. The van der Waals surface area contributed by atoms with E-state index in [2.05, 4.69) is 9.97 Å². The Labute approximate surface area is 93.5 Å². The van der Waals surface area contributed by atoms with Crippen molar-refractivity contribution < 1.29 is 14.6 Å². The van der Waals surface area contributed by atoms with Crippen LogP contribution in [0.3, 0.4) is 0 Å². The number of carbonyl (C=O) groups is 1. The average molecular weight is 225 g/mol. The monoisotopic (exact) mass is 225 g/mol. The number of ether oxygens (including phenoxy) is 1. The third-order valence-electron chi connectivity index (χ3n) is 2.06. The predicted molar refractivity (Wildman–Crippen MR) is 58.4 cm³/mol. The molecule has 1 rings (SSSR count). The fourth-order valence-corrected chi connectivity index (χ4v) is 1.24. The third kappa shape index (κ3) is 2.59. The number of methoxy groups -OCH3 is 1. The minimum Gasteiger partial charge on any atom is -0.481 e. The molecule has 0 aromatic carbocycles. The number of carboxylic acids is 1. The molecular weight excluding hydrogens is 210 g/mol. The predicted octanol–water partition coefficient (Wildman–Crippen LogP) is 0.818. The summed E-state index contributed by atoms with van der Waals surface area (Å²) >= 11 is 0. The van der Waals surface area contributed by atoms with Crippen molar-refractivity contribution >= 4 is 11.8 Å². The highest BCUT2D eigenvalue weighted by atomic mass is 16.5. The quantitative estimate of drug-likeness (QED) is 0.787. The second-order valence-electron chi connectivity index (χ2n) is 3.68. The Kier molecular flexibility index (Phi) is 3.65. The van der Waals surface area contributed by atoms with Gasteiger partial charge in [-0.1, -0.05) is 13.8 Å². The lowest BCUT2D eigenvalue weighted by molar-refractivity contribution is -0.136. The van der Waals surface area contributed by atoms with Crippen molar-refractivity contribution in [3.8, 4) is 5.88 Å². The van der Waals surface area contributed by atoms with Crippen LogP contribution in [0.25, 0.3) is 0 Å². The maximum absolute atomic E-state index is 10.6. The van der Waals surface area contributed by atoms with Gasteiger partial charge in [0.2, 0.25) is 5.88 Å². The molecule has 0 aliphatic carbocycles. The maximum atomic E-state index is 10.6. The van der Waals surface area contributed by atoms with Gasteiger partial charge in [-0.2, -0.15) is 4.98 Å². The van der Waals surface area contributed by atoms with E-state index in [1.807, 2.05) is 13.8 Å². The van der Waals surface area contributed by atoms with Gasteiger partial charge in [-0.3, -0.25) is 4.79 Å². The summed E-state index contributed by atoms with van der Waals surface area (Å²) in [5.41, 5.74) is 6.01. The van der Waals surface area contributed by atoms with E-state index in [0.29, 0.717) is 11.4 Å². The van der Waals surface area contributed by atoms with Crippen LogP contribution >= 0.6 is 0 Å². The first-order valence-electron chi connectivity index (χ1n) is 4.87. The first kappa shape index (κ1) is 12.2. The number of nitrogens with two attached hydrogens (primary N) is 1. The third-order valence-corrected chi connectivity index (χ3v) is 2.06. The normalized spacial score (nSPS) is 10.5. The summed E-state index contributed by atoms with van der Waals surface area (Å²) in [6, 6.07) is 0. The van der Waals surface area contributed by atoms with Crippen LogP contribution in [0.15, 0.2) is 0 Å². The summed E-state index contributed by atoms with van der Waals surface area (Å²) < 4.78 is 5.02. The second kappa shape index (κ2) is 4.78. The summed E-state index contributed by atoms with van der Waals surface area (Å²) in [4.78, 5) is 18.8. The highest BCUT2D eigenvalue weighted by molar-refractivity contribution is 5.73. The number of nitrogen functional groups attached to an aromatic ring is 1. The van der Waals surface area contributed by atoms with Crippen molar-refractivity contribution in [2.45, 2.75) is 26.2 Å². The number of aromatic nitrogens is 2. The molecule has 0 aliphatic rings. The van der Waals surface area contributed by atoms with Gasteiger partial charge in [0.15, 0.2) is 0 Å². The Morgan fingerprint density at radius 3 is 2.56 bits per heavy atom. The van der Waals surface area contributed by atoms with Crippen LogP contribution in [0.5, 0.6) is 5.88 Å². The number of anilines is 1. The van der Waals surface area contributed by atoms with Crippen LogP contribution in [-0.4, -0.2) is 28.2 Å². The second-order valence-corrected chi connectivity index (χ2v) is 3.68. The van der Waals surface area contributed by atoms with Gasteiger partial charge in [0.25, 0.3) is 0 Å². The van der Waals surface area contributed by atoms with Crippen LogP contribution in [-0.2, 0) is 11.2 Å². The van der Waals surface area contributed by atoms with Gasteiger partial charge in [-0.05, 0) is 0 Å². The standard InChI is InChI=1S/C10H15N3O3/c1-5(2)9-12-8(11)6(4-7(14)15)10(13-9)16-3/h5H,4H2,1-3H3,(H,14,15)(H2,11,12,13). The van der Waals surface area contributed by atoms with Gasteiger partial charge < -0.3 is 15.6 Å². The van der Waals surface area contributed by atoms with Crippen molar-refractivity contribution in [3.63, 3.8) is 0 Å². The summed E-state index contributed by atoms with van der Waals surface area (Å²) in [6.45, 7) is 3.84. The molecule has 0 saturated heterocycles. The average Bonchev–Trinajstić information content (AvgIpc) is 2.19. The van der Waals surface area contributed by atoms with Crippen molar-refractivity contribution in [3.05, 3.63) is 11.4 Å². The first-order chi connectivity index (χ1) is 7.45. The number of hydrogen-bond acceptors (Lipinski definition) is 5. The molecule has 0 saturated carbocycles. The number of nitrogens with zero attached hydrogens (tertiary/aromatic N) is 2. The van der Waals surface area contributed by atoms with E-state index in [9.17, 15) is 4.79 Å². The van der Waals surface area contributed by atoms with Crippen LogP contribution in [0, 0.1) is 0 Å². The number of aliphatic carboxylic acids is 1. The lowest BCUT2D eigenvalue weighted by Crippen LogP contribution is -2.11. The fourth-order valence-electron chi connectivity index (χ4n) is 1.24. The number of hydrogen-bond donors (Lipinski definition) is 2. The molecule has 0 atom stereocenters. The Morgan fingerprint density at radius 2 is 2.12 bits per heavy atom. The molecule has 6 nitrogen and oxygen atoms in total. The van der Waals surface area contributed by atoms with E-state index in [1.54, 1.807) is 0 Å². The van der Waals surface area contributed by atoms with E-state index in [-0.39, 0.29) is 24.0 Å². The molecule has 3 N–H and O–H groups in total. The molecule has 1 aromatic rings. The molecule has 0 fully saturated rings. The Morgan fingerprint density at radius 1 is 1.50 bits per heavy atom. The highest BCUT2D eigenvalue weighted by Gasteiger charge is 2.17. The zero-order chi connectivity index (χ0) is 12.3. The zero-order valence-electron chi connectivity index (χ0n) is 9.52. The summed E-state index contributed by atoms with van der Waals surface area (Å²) in [5, 5.41) is 8.72. The van der Waals surface area contributed by atoms with Crippen LogP contribution in [0.2, 0.25) is 0 Å². The van der Waals surface area contributed by atoms with E-state index in [0.717, 1.165) is 0 Å². The van der Waals surface area contributed by atoms with Crippen LogP contribution in [0.1, 0.15) is 31.2 Å². The van der Waals surface area contributed by atoms with E-state index in [1.165, 1.54) is 7.11 Å². The topological polar surface area (TPSA) is 98.3 Å². The van der Waals surface area contributed by atoms with Gasteiger partial charge in [0, 0.05) is 5.92 Å². The maximum Gasteiger partial charge on any atom is 0.308 e. The summed E-state index contributed by atoms with van der Waals surface area (Å²) in [6.07, 6.45) is -0.243. The zero-order valence-corrected chi connectivity index (χ0v) is 9.52. The molecule has 0 aliphatic heterocycles. The molecule has 6 heteroatoms. The Hall–Kier alpha value is -1.85.